The molecule has 0 N–H and O–H groups in total. The maximum Gasteiger partial charge on any atom is 0.193 e. The molecule has 0 bridgehead atoms. The molecule has 0 aromatic heterocycles. The second-order valence-corrected chi connectivity index (χ2v) is 11.7. The number of hydrogen-bond donors (Lipinski definition) is 0. The molecular formula is C44H29NO2. The van der Waals surface area contributed by atoms with Crippen molar-refractivity contribution < 1.29 is 9.47 Å². The van der Waals surface area contributed by atoms with E-state index < -0.39 is 0 Å². The lowest BCUT2D eigenvalue weighted by molar-refractivity contribution is 0.440. The van der Waals surface area contributed by atoms with Crippen molar-refractivity contribution in [1.82, 2.24) is 0 Å². The molecule has 3 nitrogen and oxygen atoms in total. The summed E-state index contributed by atoms with van der Waals surface area (Å²) in [5, 5.41) is 4.36. The number of hydrogen-bond acceptors (Lipinski definition) is 3. The van der Waals surface area contributed by atoms with Gasteiger partial charge < -0.3 is 14.4 Å². The van der Waals surface area contributed by atoms with Crippen molar-refractivity contribution in [2.75, 3.05) is 4.90 Å². The van der Waals surface area contributed by atoms with Crippen LogP contribution in [0.25, 0.3) is 43.8 Å². The SMILES string of the molecule is c1ccc(-c2ccc(N(c3cccc4c3Oc3cccc5cccc(c35)O4)c3ccc(-c4ccccc4)c4ccccc34)cc2)cc1. The normalized spacial score (nSPS) is 11.7. The molecule has 0 aliphatic carbocycles. The van der Waals surface area contributed by atoms with Gasteiger partial charge in [0, 0.05) is 11.1 Å². The Kier molecular flexibility index (Phi) is 6.46. The largest absolute Gasteiger partial charge is 0.453 e. The van der Waals surface area contributed by atoms with Crippen LogP contribution in [0.15, 0.2) is 176 Å². The van der Waals surface area contributed by atoms with Gasteiger partial charge in [0.15, 0.2) is 11.5 Å². The van der Waals surface area contributed by atoms with Crippen LogP contribution in [0.5, 0.6) is 23.0 Å². The van der Waals surface area contributed by atoms with Crippen LogP contribution in [0.3, 0.4) is 0 Å². The molecule has 1 aliphatic rings. The van der Waals surface area contributed by atoms with Crippen molar-refractivity contribution in [2.24, 2.45) is 0 Å². The fourth-order valence-corrected chi connectivity index (χ4v) is 6.72. The number of nitrogens with zero attached hydrogens (tertiary/aromatic N) is 1. The number of ether oxygens (including phenoxy) is 2. The molecule has 8 aromatic carbocycles. The quantitative estimate of drug-likeness (QED) is 0.195. The zero-order valence-electron chi connectivity index (χ0n) is 25.5. The van der Waals surface area contributed by atoms with Gasteiger partial charge in [-0.15, -0.1) is 0 Å². The van der Waals surface area contributed by atoms with E-state index in [4.69, 9.17) is 9.47 Å². The van der Waals surface area contributed by atoms with Crippen molar-refractivity contribution >= 4 is 38.6 Å². The Labute approximate surface area is 273 Å². The molecule has 8 aromatic rings. The van der Waals surface area contributed by atoms with Crippen molar-refractivity contribution in [3.63, 3.8) is 0 Å². The molecular weight excluding hydrogens is 574 g/mol. The summed E-state index contributed by atoms with van der Waals surface area (Å²) in [6.45, 7) is 0. The van der Waals surface area contributed by atoms with Crippen LogP contribution >= 0.6 is 0 Å². The zero-order valence-corrected chi connectivity index (χ0v) is 25.5. The highest BCUT2D eigenvalue weighted by Crippen LogP contribution is 2.53. The van der Waals surface area contributed by atoms with Gasteiger partial charge in [0.2, 0.25) is 0 Å². The van der Waals surface area contributed by atoms with Crippen LogP contribution in [0.2, 0.25) is 0 Å². The standard InChI is InChI=1S/C44H29NO2/c1-3-12-30(13-4-1)31-24-26-34(27-25-31)45(38-29-28-35(32-14-5-2-6-15-32)36-18-7-8-19-37(36)38)39-20-11-23-42-44(39)47-41-22-10-17-33-16-9-21-40(46-42)43(33)41/h1-29H. The van der Waals surface area contributed by atoms with Gasteiger partial charge in [-0.1, -0.05) is 133 Å². The molecule has 3 heteroatoms. The first-order valence-corrected chi connectivity index (χ1v) is 15.9. The molecule has 9 rings (SSSR count). The van der Waals surface area contributed by atoms with E-state index >= 15 is 0 Å². The Balaban J connectivity index is 1.27. The third kappa shape index (κ3) is 4.68. The average molecular weight is 604 g/mol. The van der Waals surface area contributed by atoms with Gasteiger partial charge in [-0.25, -0.2) is 0 Å². The Morgan fingerprint density at radius 1 is 0.362 bits per heavy atom. The third-order valence-electron chi connectivity index (χ3n) is 8.92. The van der Waals surface area contributed by atoms with Gasteiger partial charge >= 0.3 is 0 Å². The first kappa shape index (κ1) is 27.0. The van der Waals surface area contributed by atoms with Gasteiger partial charge in [0.05, 0.1) is 16.8 Å². The summed E-state index contributed by atoms with van der Waals surface area (Å²) in [5.41, 5.74) is 7.66. The van der Waals surface area contributed by atoms with Crippen LogP contribution in [-0.2, 0) is 0 Å². The first-order valence-electron chi connectivity index (χ1n) is 15.9. The Hall–Kier alpha value is -6.32. The van der Waals surface area contributed by atoms with Crippen LogP contribution < -0.4 is 14.4 Å². The number of rotatable bonds is 5. The lowest BCUT2D eigenvalue weighted by Crippen LogP contribution is -2.12. The summed E-state index contributed by atoms with van der Waals surface area (Å²) in [5.74, 6) is 2.89. The molecule has 0 radical (unpaired) electrons. The number of fused-ring (bicyclic) bond motifs is 2. The van der Waals surface area contributed by atoms with E-state index in [0.717, 1.165) is 50.3 Å². The minimum Gasteiger partial charge on any atom is -0.453 e. The summed E-state index contributed by atoms with van der Waals surface area (Å²) in [6, 6.07) is 61.3. The van der Waals surface area contributed by atoms with Crippen molar-refractivity contribution in [1.29, 1.82) is 0 Å². The summed E-state index contributed by atoms with van der Waals surface area (Å²) >= 11 is 0. The molecule has 222 valence electrons. The number of para-hydroxylation sites is 1. The molecule has 0 saturated heterocycles. The smallest absolute Gasteiger partial charge is 0.193 e. The summed E-state index contributed by atoms with van der Waals surface area (Å²) in [4.78, 5) is 2.30. The van der Waals surface area contributed by atoms with Crippen molar-refractivity contribution in [3.8, 4) is 45.3 Å². The van der Waals surface area contributed by atoms with Gasteiger partial charge in [0.1, 0.15) is 11.5 Å². The predicted molar refractivity (Wildman–Crippen MR) is 194 cm³/mol. The molecule has 0 spiro atoms. The summed E-state index contributed by atoms with van der Waals surface area (Å²) < 4.78 is 13.5. The lowest BCUT2D eigenvalue weighted by Gasteiger charge is -2.29. The van der Waals surface area contributed by atoms with Crippen LogP contribution in [0.1, 0.15) is 0 Å². The first-order chi connectivity index (χ1) is 23.3. The summed E-state index contributed by atoms with van der Waals surface area (Å²) in [7, 11) is 0. The minimum absolute atomic E-state index is 0.666. The minimum atomic E-state index is 0.666. The molecule has 0 unspecified atom stereocenters. The van der Waals surface area contributed by atoms with Gasteiger partial charge in [0.25, 0.3) is 0 Å². The van der Waals surface area contributed by atoms with Gasteiger partial charge in [-0.3, -0.25) is 0 Å². The molecule has 1 heterocycles. The van der Waals surface area contributed by atoms with Gasteiger partial charge in [-0.2, -0.15) is 0 Å². The van der Waals surface area contributed by atoms with Crippen molar-refractivity contribution in [3.05, 3.63) is 176 Å². The maximum atomic E-state index is 6.86. The van der Waals surface area contributed by atoms with Crippen LogP contribution in [0, 0.1) is 0 Å². The fourth-order valence-electron chi connectivity index (χ4n) is 6.72. The van der Waals surface area contributed by atoms with E-state index in [9.17, 15) is 0 Å². The van der Waals surface area contributed by atoms with E-state index in [1.807, 2.05) is 42.5 Å². The fraction of sp³-hybridized carbons (Fsp3) is 0. The Morgan fingerprint density at radius 2 is 0.957 bits per heavy atom. The highest BCUT2D eigenvalue weighted by molar-refractivity contribution is 6.07. The second-order valence-electron chi connectivity index (χ2n) is 11.7. The van der Waals surface area contributed by atoms with E-state index in [-0.39, 0.29) is 0 Å². The van der Waals surface area contributed by atoms with Crippen LogP contribution in [-0.4, -0.2) is 0 Å². The van der Waals surface area contributed by atoms with E-state index in [1.54, 1.807) is 0 Å². The van der Waals surface area contributed by atoms with E-state index in [1.165, 1.54) is 22.1 Å². The molecule has 47 heavy (non-hydrogen) atoms. The summed E-state index contributed by atoms with van der Waals surface area (Å²) in [6.07, 6.45) is 0. The van der Waals surface area contributed by atoms with E-state index in [0.29, 0.717) is 11.5 Å². The molecule has 0 amide bonds. The highest BCUT2D eigenvalue weighted by Gasteiger charge is 2.26. The number of anilines is 3. The predicted octanol–water partition coefficient (Wildman–Crippen LogP) is 12.7. The molecule has 0 fully saturated rings. The maximum absolute atomic E-state index is 6.86. The third-order valence-corrected chi connectivity index (χ3v) is 8.92. The van der Waals surface area contributed by atoms with Gasteiger partial charge in [-0.05, 0) is 75.5 Å². The number of benzene rings is 8. The van der Waals surface area contributed by atoms with Crippen molar-refractivity contribution in [2.45, 2.75) is 0 Å². The molecule has 1 aliphatic heterocycles. The lowest BCUT2D eigenvalue weighted by atomic mass is 9.96. The Morgan fingerprint density at radius 3 is 1.70 bits per heavy atom. The highest BCUT2D eigenvalue weighted by atomic mass is 16.5. The Bertz CT molecular complexity index is 2400. The zero-order chi connectivity index (χ0) is 31.2. The molecule has 0 atom stereocenters. The van der Waals surface area contributed by atoms with Crippen LogP contribution in [0.4, 0.5) is 17.1 Å². The molecule has 0 saturated carbocycles. The monoisotopic (exact) mass is 603 g/mol. The second kappa shape index (κ2) is 11.2. The van der Waals surface area contributed by atoms with E-state index in [2.05, 4.69) is 138 Å². The average Bonchev–Trinajstić information content (AvgIpc) is 3.31. The topological polar surface area (TPSA) is 21.7 Å².